The molecule has 0 atom stereocenters. The number of nitrogens with one attached hydrogen (secondary N) is 2. The lowest BCUT2D eigenvalue weighted by Gasteiger charge is -2.10. The van der Waals surface area contributed by atoms with Crippen LogP contribution in [0.15, 0.2) is 45.8 Å². The Balaban J connectivity index is 1.44. The third-order valence-electron chi connectivity index (χ3n) is 4.99. The van der Waals surface area contributed by atoms with Crippen LogP contribution in [0.3, 0.4) is 0 Å². The first-order chi connectivity index (χ1) is 14.5. The zero-order valence-corrected chi connectivity index (χ0v) is 18.5. The molecule has 0 radical (unpaired) electrons. The summed E-state index contributed by atoms with van der Waals surface area (Å²) >= 11 is 1.64. The number of aliphatic imine (C=N–C) groups is 1. The smallest absolute Gasteiger partial charge is 0.191 e. The molecule has 0 aliphatic rings. The van der Waals surface area contributed by atoms with Crippen molar-refractivity contribution < 1.29 is 4.42 Å². The number of guanidine groups is 1. The Bertz CT molecular complexity index is 1150. The average Bonchev–Trinajstić information content (AvgIpc) is 3.43. The Hall–Kier alpha value is -3.13. The standard InChI is InChI=1S/C22H26N6OS/c1-5-23-22(25-13-17-14(2)27-28(4)15(17)3)24-12-16-10-11-19(29-16)21-26-18-8-6-7-9-20(18)30-21/h6-11H,5,12-13H2,1-4H3,(H2,23,24,25). The van der Waals surface area contributed by atoms with E-state index in [-0.39, 0.29) is 0 Å². The van der Waals surface area contributed by atoms with Gasteiger partial charge in [-0.1, -0.05) is 12.1 Å². The second-order valence-corrected chi connectivity index (χ2v) is 8.11. The van der Waals surface area contributed by atoms with Crippen molar-refractivity contribution in [1.82, 2.24) is 25.4 Å². The quantitative estimate of drug-likeness (QED) is 0.360. The fraction of sp³-hybridized carbons (Fsp3) is 0.318. The van der Waals surface area contributed by atoms with Gasteiger partial charge in [-0.25, -0.2) is 9.98 Å². The number of thiazole rings is 1. The first-order valence-electron chi connectivity index (χ1n) is 10.0. The highest BCUT2D eigenvalue weighted by molar-refractivity contribution is 7.21. The molecule has 0 unspecified atom stereocenters. The fourth-order valence-electron chi connectivity index (χ4n) is 3.28. The summed E-state index contributed by atoms with van der Waals surface area (Å²) in [7, 11) is 1.96. The molecule has 2 N–H and O–H groups in total. The Morgan fingerprint density at radius 2 is 2.00 bits per heavy atom. The number of benzene rings is 1. The van der Waals surface area contributed by atoms with Crippen molar-refractivity contribution in [3.05, 3.63) is 59.1 Å². The van der Waals surface area contributed by atoms with Gasteiger partial charge in [0.15, 0.2) is 16.7 Å². The molecule has 0 amide bonds. The average molecular weight is 423 g/mol. The maximum Gasteiger partial charge on any atom is 0.191 e. The molecule has 30 heavy (non-hydrogen) atoms. The van der Waals surface area contributed by atoms with E-state index in [1.54, 1.807) is 11.3 Å². The highest BCUT2D eigenvalue weighted by Gasteiger charge is 2.12. The number of aromatic nitrogens is 3. The normalized spacial score (nSPS) is 11.9. The lowest BCUT2D eigenvalue weighted by molar-refractivity contribution is 0.513. The van der Waals surface area contributed by atoms with Crippen molar-refractivity contribution >= 4 is 27.5 Å². The van der Waals surface area contributed by atoms with E-state index in [0.717, 1.165) is 56.2 Å². The van der Waals surface area contributed by atoms with Crippen molar-refractivity contribution in [3.63, 3.8) is 0 Å². The summed E-state index contributed by atoms with van der Waals surface area (Å²) in [5.41, 5.74) is 4.31. The fourth-order valence-corrected chi connectivity index (χ4v) is 4.21. The van der Waals surface area contributed by atoms with E-state index >= 15 is 0 Å². The van der Waals surface area contributed by atoms with Gasteiger partial charge in [-0.15, -0.1) is 11.3 Å². The van der Waals surface area contributed by atoms with Crippen LogP contribution in [0, 0.1) is 13.8 Å². The van der Waals surface area contributed by atoms with E-state index in [9.17, 15) is 0 Å². The molecule has 156 valence electrons. The van der Waals surface area contributed by atoms with Crippen LogP contribution in [-0.4, -0.2) is 27.3 Å². The summed E-state index contributed by atoms with van der Waals surface area (Å²) in [4.78, 5) is 9.38. The zero-order chi connectivity index (χ0) is 21.1. The number of rotatable bonds is 6. The monoisotopic (exact) mass is 422 g/mol. The number of hydrogen-bond donors (Lipinski definition) is 2. The Kier molecular flexibility index (Phi) is 5.85. The number of furan rings is 1. The molecule has 0 bridgehead atoms. The van der Waals surface area contributed by atoms with Crippen LogP contribution >= 0.6 is 11.3 Å². The lowest BCUT2D eigenvalue weighted by Crippen LogP contribution is -2.36. The van der Waals surface area contributed by atoms with E-state index in [0.29, 0.717) is 13.1 Å². The van der Waals surface area contributed by atoms with Crippen LogP contribution in [0.1, 0.15) is 29.6 Å². The second kappa shape index (κ2) is 8.71. The second-order valence-electron chi connectivity index (χ2n) is 7.07. The molecular formula is C22H26N6OS. The van der Waals surface area contributed by atoms with Gasteiger partial charge in [0.05, 0.1) is 29.0 Å². The zero-order valence-electron chi connectivity index (χ0n) is 17.7. The van der Waals surface area contributed by atoms with E-state index in [4.69, 9.17) is 9.41 Å². The minimum absolute atomic E-state index is 0.543. The van der Waals surface area contributed by atoms with Gasteiger partial charge < -0.3 is 15.1 Å². The maximum absolute atomic E-state index is 6.02. The molecule has 0 aliphatic carbocycles. The van der Waals surface area contributed by atoms with Gasteiger partial charge in [-0.2, -0.15) is 5.10 Å². The molecule has 0 saturated heterocycles. The van der Waals surface area contributed by atoms with Gasteiger partial charge in [-0.05, 0) is 45.0 Å². The van der Waals surface area contributed by atoms with Crippen molar-refractivity contribution in [2.24, 2.45) is 12.0 Å². The van der Waals surface area contributed by atoms with Gasteiger partial charge in [0.2, 0.25) is 0 Å². The molecule has 7 nitrogen and oxygen atoms in total. The third-order valence-corrected chi connectivity index (χ3v) is 6.05. The molecule has 3 heterocycles. The largest absolute Gasteiger partial charge is 0.457 e. The number of aryl methyl sites for hydroxylation is 2. The Labute approximate surface area is 179 Å². The van der Waals surface area contributed by atoms with Crippen LogP contribution < -0.4 is 10.6 Å². The molecule has 1 aromatic carbocycles. The van der Waals surface area contributed by atoms with E-state index < -0.39 is 0 Å². The molecule has 0 aliphatic heterocycles. The number of fused-ring (bicyclic) bond motifs is 1. The molecule has 3 aromatic heterocycles. The van der Waals surface area contributed by atoms with Crippen molar-refractivity contribution in [2.75, 3.05) is 6.54 Å². The van der Waals surface area contributed by atoms with E-state index in [1.807, 2.05) is 49.0 Å². The predicted octanol–water partition coefficient (Wildman–Crippen LogP) is 4.16. The number of para-hydroxylation sites is 1. The summed E-state index contributed by atoms with van der Waals surface area (Å²) in [5.74, 6) is 2.37. The van der Waals surface area contributed by atoms with Crippen molar-refractivity contribution in [2.45, 2.75) is 33.9 Å². The highest BCUT2D eigenvalue weighted by atomic mass is 32.1. The van der Waals surface area contributed by atoms with Gasteiger partial charge in [0.1, 0.15) is 5.76 Å². The summed E-state index contributed by atoms with van der Waals surface area (Å²) in [6.07, 6.45) is 0. The molecule has 8 heteroatoms. The van der Waals surface area contributed by atoms with Gasteiger partial charge in [0, 0.05) is 24.8 Å². The van der Waals surface area contributed by atoms with E-state index in [2.05, 4.69) is 40.6 Å². The molecule has 4 rings (SSSR count). The lowest BCUT2D eigenvalue weighted by atomic mass is 10.2. The maximum atomic E-state index is 6.02. The first-order valence-corrected chi connectivity index (χ1v) is 10.8. The summed E-state index contributed by atoms with van der Waals surface area (Å²) in [5, 5.41) is 12.0. The van der Waals surface area contributed by atoms with Crippen LogP contribution in [-0.2, 0) is 20.1 Å². The summed E-state index contributed by atoms with van der Waals surface area (Å²) in [6, 6.07) is 12.1. The van der Waals surface area contributed by atoms with Gasteiger partial charge >= 0.3 is 0 Å². The van der Waals surface area contributed by atoms with Crippen molar-refractivity contribution in [1.29, 1.82) is 0 Å². The first kappa shape index (κ1) is 20.2. The minimum Gasteiger partial charge on any atom is -0.457 e. The molecule has 0 fully saturated rings. The van der Waals surface area contributed by atoms with E-state index in [1.165, 1.54) is 0 Å². The van der Waals surface area contributed by atoms with Crippen LogP contribution in [0.2, 0.25) is 0 Å². The van der Waals surface area contributed by atoms with Crippen LogP contribution in [0.5, 0.6) is 0 Å². The highest BCUT2D eigenvalue weighted by Crippen LogP contribution is 2.31. The van der Waals surface area contributed by atoms with Gasteiger partial charge in [0.25, 0.3) is 0 Å². The predicted molar refractivity (Wildman–Crippen MR) is 122 cm³/mol. The summed E-state index contributed by atoms with van der Waals surface area (Å²) < 4.78 is 9.08. The minimum atomic E-state index is 0.543. The number of hydrogen-bond acceptors (Lipinski definition) is 5. The van der Waals surface area contributed by atoms with Crippen LogP contribution in [0.25, 0.3) is 21.0 Å². The third kappa shape index (κ3) is 4.23. The summed E-state index contributed by atoms with van der Waals surface area (Å²) in [6.45, 7) is 8.04. The Morgan fingerprint density at radius 1 is 1.17 bits per heavy atom. The van der Waals surface area contributed by atoms with Gasteiger partial charge in [-0.3, -0.25) is 4.68 Å². The topological polar surface area (TPSA) is 80.3 Å². The van der Waals surface area contributed by atoms with Crippen molar-refractivity contribution in [3.8, 4) is 10.8 Å². The SMILES string of the molecule is CCNC(=NCc1c(C)nn(C)c1C)NCc1ccc(-c2nc3ccccc3s2)o1. The molecule has 0 saturated carbocycles. The molecule has 0 spiro atoms. The number of nitrogens with zero attached hydrogens (tertiary/aromatic N) is 4. The van der Waals surface area contributed by atoms with Crippen LogP contribution in [0.4, 0.5) is 0 Å². The Morgan fingerprint density at radius 3 is 2.73 bits per heavy atom. The molecular weight excluding hydrogens is 396 g/mol. The molecule has 4 aromatic rings.